The van der Waals surface area contributed by atoms with E-state index in [1.54, 1.807) is 0 Å². The van der Waals surface area contributed by atoms with Crippen molar-refractivity contribution in [2.24, 2.45) is 11.5 Å². The van der Waals surface area contributed by atoms with Gasteiger partial charge in [-0.3, -0.25) is 0 Å². The summed E-state index contributed by atoms with van der Waals surface area (Å²) in [5.41, 5.74) is 10.6. The van der Waals surface area contributed by atoms with E-state index in [2.05, 4.69) is 4.90 Å². The maximum absolute atomic E-state index is 5.28. The zero-order valence-corrected chi connectivity index (χ0v) is 7.55. The van der Waals surface area contributed by atoms with Crippen LogP contribution in [0.2, 0.25) is 0 Å². The van der Waals surface area contributed by atoms with E-state index in [1.165, 1.54) is 0 Å². The third kappa shape index (κ3) is 8.31. The lowest BCUT2D eigenvalue weighted by Gasteiger charge is -2.12. The van der Waals surface area contributed by atoms with Crippen molar-refractivity contribution in [1.29, 1.82) is 0 Å². The molecule has 3 nitrogen and oxygen atoms in total. The quantitative estimate of drug-likeness (QED) is 0.501. The molecule has 1 atom stereocenters. The summed E-state index contributed by atoms with van der Waals surface area (Å²) in [6.45, 7) is 3.32. The lowest BCUT2D eigenvalue weighted by Crippen LogP contribution is -2.30. The molecule has 0 aliphatic rings. The molecule has 0 saturated carbocycles. The summed E-state index contributed by atoms with van der Waals surface area (Å²) < 4.78 is 0. The predicted molar refractivity (Wildman–Crippen MR) is 46.7 cm³/mol. The van der Waals surface area contributed by atoms with Crippen LogP contribution in [0.1, 0.15) is 0 Å². The highest BCUT2D eigenvalue weighted by molar-refractivity contribution is 6.92. The first-order valence-electron chi connectivity index (χ1n) is 2.90. The average molecular weight is 151 g/mol. The van der Waals surface area contributed by atoms with Gasteiger partial charge >= 0.3 is 0 Å². The van der Waals surface area contributed by atoms with Gasteiger partial charge in [0.15, 0.2) is 0 Å². The Morgan fingerprint density at radius 1 is 1.11 bits per heavy atom. The van der Waals surface area contributed by atoms with Crippen molar-refractivity contribution >= 4 is 9.90 Å². The summed E-state index contributed by atoms with van der Waals surface area (Å²) in [6, 6.07) is 0. The summed E-state index contributed by atoms with van der Waals surface area (Å²) in [5.74, 6) is 0. The first kappa shape index (κ1) is 12.0. The molecule has 58 valence electrons. The predicted octanol–water partition coefficient (Wildman–Crippen LogP) is -1.11. The van der Waals surface area contributed by atoms with Crippen LogP contribution >= 0.6 is 9.90 Å². The van der Waals surface area contributed by atoms with Crippen LogP contribution in [0.4, 0.5) is 0 Å². The Balaban J connectivity index is 0. The Hall–Kier alpha value is 0.310. The van der Waals surface area contributed by atoms with Crippen LogP contribution in [0.5, 0.6) is 0 Å². The fourth-order valence-electron chi connectivity index (χ4n) is 0.553. The molecule has 0 aromatic heterocycles. The van der Waals surface area contributed by atoms with Crippen molar-refractivity contribution in [3.05, 3.63) is 0 Å². The highest BCUT2D eigenvalue weighted by Gasteiger charge is 1.90. The smallest absolute Gasteiger partial charge is 0.0102 e. The maximum atomic E-state index is 5.28. The van der Waals surface area contributed by atoms with Crippen LogP contribution in [-0.2, 0) is 0 Å². The van der Waals surface area contributed by atoms with E-state index in [0.717, 1.165) is 26.2 Å². The van der Waals surface area contributed by atoms with Gasteiger partial charge in [-0.15, -0.1) is 0 Å². The number of rotatable bonds is 4. The second-order valence-electron chi connectivity index (χ2n) is 1.88. The first-order valence-corrected chi connectivity index (χ1v) is 2.90. The topological polar surface area (TPSA) is 55.3 Å². The van der Waals surface area contributed by atoms with Crippen molar-refractivity contribution in [2.45, 2.75) is 0 Å². The summed E-state index contributed by atoms with van der Waals surface area (Å²) in [5, 5.41) is 0. The molecule has 9 heavy (non-hydrogen) atoms. The van der Waals surface area contributed by atoms with Crippen LogP contribution < -0.4 is 11.5 Å². The van der Waals surface area contributed by atoms with Gasteiger partial charge in [0, 0.05) is 26.2 Å². The molecule has 1 unspecified atom stereocenters. The molecule has 4 heteroatoms. The zero-order valence-electron chi connectivity index (χ0n) is 6.14. The van der Waals surface area contributed by atoms with Crippen LogP contribution in [0.3, 0.4) is 0 Å². The Kier molecular flexibility index (Phi) is 11.1. The van der Waals surface area contributed by atoms with Gasteiger partial charge in [0.05, 0.1) is 0 Å². The first-order chi connectivity index (χ1) is 3.81. The maximum Gasteiger partial charge on any atom is 0.0102 e. The minimum Gasteiger partial charge on any atom is -0.329 e. The van der Waals surface area contributed by atoms with E-state index in [4.69, 9.17) is 11.5 Å². The molecule has 0 fully saturated rings. The molecule has 0 rings (SSSR count). The third-order valence-corrected chi connectivity index (χ3v) is 1.02. The van der Waals surface area contributed by atoms with Gasteiger partial charge in [0.1, 0.15) is 0 Å². The minimum absolute atomic E-state index is 0. The van der Waals surface area contributed by atoms with E-state index >= 15 is 0 Å². The largest absolute Gasteiger partial charge is 0.329 e. The molecular formula is C5H18N3P. The van der Waals surface area contributed by atoms with Gasteiger partial charge in [-0.1, -0.05) is 0 Å². The van der Waals surface area contributed by atoms with Crippen molar-refractivity contribution in [1.82, 2.24) is 4.90 Å². The van der Waals surface area contributed by atoms with Crippen molar-refractivity contribution < 1.29 is 0 Å². The number of nitrogens with zero attached hydrogens (tertiary/aromatic N) is 1. The van der Waals surface area contributed by atoms with E-state index in [9.17, 15) is 0 Å². The molecule has 0 saturated heterocycles. The molecule has 0 spiro atoms. The van der Waals surface area contributed by atoms with E-state index in [1.807, 2.05) is 7.05 Å². The Labute approximate surface area is 60.4 Å². The molecule has 0 bridgehead atoms. The van der Waals surface area contributed by atoms with Crippen LogP contribution in [-0.4, -0.2) is 38.1 Å². The van der Waals surface area contributed by atoms with E-state index < -0.39 is 0 Å². The van der Waals surface area contributed by atoms with E-state index in [0.29, 0.717) is 0 Å². The highest BCUT2D eigenvalue weighted by Crippen LogP contribution is 1.74. The second kappa shape index (κ2) is 8.31. The summed E-state index contributed by atoms with van der Waals surface area (Å²) >= 11 is 0. The van der Waals surface area contributed by atoms with Crippen LogP contribution in [0.25, 0.3) is 0 Å². The molecule has 0 aliphatic carbocycles. The van der Waals surface area contributed by atoms with Gasteiger partial charge in [0.2, 0.25) is 0 Å². The molecule has 0 amide bonds. The molecular weight excluding hydrogens is 133 g/mol. The van der Waals surface area contributed by atoms with Gasteiger partial charge in [-0.05, 0) is 7.05 Å². The molecule has 0 aliphatic heterocycles. The summed E-state index contributed by atoms with van der Waals surface area (Å²) in [7, 11) is 2.01. The van der Waals surface area contributed by atoms with Gasteiger partial charge in [-0.25, -0.2) is 0 Å². The summed E-state index contributed by atoms with van der Waals surface area (Å²) in [4.78, 5) is 2.11. The van der Waals surface area contributed by atoms with E-state index in [-0.39, 0.29) is 9.90 Å². The second-order valence-corrected chi connectivity index (χ2v) is 1.88. The fourth-order valence-corrected chi connectivity index (χ4v) is 0.553. The number of likely N-dealkylation sites (N-methyl/N-ethyl adjacent to an activating group) is 1. The normalized spacial score (nSPS) is 9.33. The average Bonchev–Trinajstić information content (AvgIpc) is 1.68. The number of hydrogen-bond donors (Lipinski definition) is 2. The minimum atomic E-state index is 0. The lowest BCUT2D eigenvalue weighted by atomic mass is 10.5. The SMILES string of the molecule is CN(CCN)CCN.P. The fraction of sp³-hybridized carbons (Fsp3) is 1.00. The van der Waals surface area contributed by atoms with Crippen molar-refractivity contribution in [2.75, 3.05) is 33.2 Å². The van der Waals surface area contributed by atoms with Crippen LogP contribution in [0.15, 0.2) is 0 Å². The number of nitrogens with two attached hydrogens (primary N) is 2. The van der Waals surface area contributed by atoms with Crippen molar-refractivity contribution in [3.8, 4) is 0 Å². The Morgan fingerprint density at radius 2 is 1.44 bits per heavy atom. The monoisotopic (exact) mass is 151 g/mol. The Bertz CT molecular complexity index is 45.5. The zero-order chi connectivity index (χ0) is 6.41. The lowest BCUT2D eigenvalue weighted by molar-refractivity contribution is 0.353. The van der Waals surface area contributed by atoms with Gasteiger partial charge in [0.25, 0.3) is 0 Å². The summed E-state index contributed by atoms with van der Waals surface area (Å²) in [6.07, 6.45) is 0. The Morgan fingerprint density at radius 3 is 1.67 bits per heavy atom. The van der Waals surface area contributed by atoms with Crippen molar-refractivity contribution in [3.63, 3.8) is 0 Å². The molecule has 0 aromatic rings. The van der Waals surface area contributed by atoms with Crippen LogP contribution in [0, 0.1) is 0 Å². The standard InChI is InChI=1S/C5H15N3.H3P/c1-8(4-2-6)5-3-7;/h2-7H2,1H3;1H3. The van der Waals surface area contributed by atoms with Gasteiger partial charge < -0.3 is 16.4 Å². The highest BCUT2D eigenvalue weighted by atomic mass is 31.0. The molecule has 0 heterocycles. The molecule has 4 N–H and O–H groups in total. The molecule has 0 radical (unpaired) electrons. The third-order valence-electron chi connectivity index (χ3n) is 1.02. The molecule has 0 aromatic carbocycles. The number of hydrogen-bond acceptors (Lipinski definition) is 3. The van der Waals surface area contributed by atoms with Gasteiger partial charge in [-0.2, -0.15) is 9.90 Å².